The number of halogens is 1. The van der Waals surface area contributed by atoms with Gasteiger partial charge in [-0.05, 0) is 24.3 Å². The number of pyridine rings is 1. The Kier molecular flexibility index (Phi) is 6.19. The number of benzene rings is 1. The maximum Gasteiger partial charge on any atom is 0.255 e. The molecule has 2 aromatic rings. The third-order valence-corrected chi connectivity index (χ3v) is 3.24. The van der Waals surface area contributed by atoms with Gasteiger partial charge in [0.15, 0.2) is 0 Å². The Morgan fingerprint density at radius 3 is 2.74 bits per heavy atom. The SMILES string of the molecule is COCCOc1cc(C(=O)Nc2ccc(OC)c(Cl)c2)ccn1. The molecule has 0 saturated carbocycles. The molecule has 0 saturated heterocycles. The van der Waals surface area contributed by atoms with Crippen molar-refractivity contribution in [1.82, 2.24) is 4.98 Å². The molecule has 23 heavy (non-hydrogen) atoms. The molecule has 2 rings (SSSR count). The van der Waals surface area contributed by atoms with Crippen LogP contribution in [0, 0.1) is 0 Å². The molecule has 0 radical (unpaired) electrons. The Bertz CT molecular complexity index is 679. The Balaban J connectivity index is 2.05. The molecule has 0 aliphatic heterocycles. The Morgan fingerprint density at radius 1 is 1.22 bits per heavy atom. The number of ether oxygens (including phenoxy) is 3. The largest absolute Gasteiger partial charge is 0.495 e. The summed E-state index contributed by atoms with van der Waals surface area (Å²) in [5.74, 6) is 0.620. The fourth-order valence-electron chi connectivity index (χ4n) is 1.81. The van der Waals surface area contributed by atoms with Crippen molar-refractivity contribution in [3.8, 4) is 11.6 Å². The van der Waals surface area contributed by atoms with Gasteiger partial charge in [0.1, 0.15) is 12.4 Å². The molecule has 0 fully saturated rings. The number of hydrogen-bond acceptors (Lipinski definition) is 5. The smallest absolute Gasteiger partial charge is 0.255 e. The van der Waals surface area contributed by atoms with Crippen molar-refractivity contribution in [1.29, 1.82) is 0 Å². The predicted octanol–water partition coefficient (Wildman–Crippen LogP) is 3.02. The topological polar surface area (TPSA) is 69.7 Å². The highest BCUT2D eigenvalue weighted by atomic mass is 35.5. The number of methoxy groups -OCH3 is 2. The van der Waals surface area contributed by atoms with E-state index in [0.717, 1.165) is 0 Å². The summed E-state index contributed by atoms with van der Waals surface area (Å²) in [6.45, 7) is 0.811. The average molecular weight is 337 g/mol. The van der Waals surface area contributed by atoms with Crippen molar-refractivity contribution < 1.29 is 19.0 Å². The van der Waals surface area contributed by atoms with E-state index in [0.29, 0.717) is 41.1 Å². The number of aromatic nitrogens is 1. The summed E-state index contributed by atoms with van der Waals surface area (Å²) in [5, 5.41) is 3.18. The molecule has 0 unspecified atom stereocenters. The van der Waals surface area contributed by atoms with Crippen LogP contribution in [0.15, 0.2) is 36.5 Å². The number of nitrogens with zero attached hydrogens (tertiary/aromatic N) is 1. The van der Waals surface area contributed by atoms with Gasteiger partial charge in [-0.2, -0.15) is 0 Å². The molecule has 1 heterocycles. The molecule has 1 amide bonds. The van der Waals surface area contributed by atoms with E-state index in [1.165, 1.54) is 13.3 Å². The predicted molar refractivity (Wildman–Crippen MR) is 87.6 cm³/mol. The zero-order valence-corrected chi connectivity index (χ0v) is 13.6. The van der Waals surface area contributed by atoms with Crippen LogP contribution in [0.25, 0.3) is 0 Å². The van der Waals surface area contributed by atoms with Crippen LogP contribution in [0.5, 0.6) is 11.6 Å². The molecule has 122 valence electrons. The van der Waals surface area contributed by atoms with E-state index >= 15 is 0 Å². The quantitative estimate of drug-likeness (QED) is 0.787. The van der Waals surface area contributed by atoms with Gasteiger partial charge in [0.25, 0.3) is 5.91 Å². The van der Waals surface area contributed by atoms with Gasteiger partial charge in [-0.3, -0.25) is 4.79 Å². The second-order valence-electron chi connectivity index (χ2n) is 4.53. The van der Waals surface area contributed by atoms with Crippen LogP contribution >= 0.6 is 11.6 Å². The second kappa shape index (κ2) is 8.36. The zero-order valence-electron chi connectivity index (χ0n) is 12.8. The van der Waals surface area contributed by atoms with Gasteiger partial charge in [-0.1, -0.05) is 11.6 Å². The Labute approximate surface area is 139 Å². The summed E-state index contributed by atoms with van der Waals surface area (Å²) >= 11 is 6.04. The van der Waals surface area contributed by atoms with Crippen LogP contribution in [0.3, 0.4) is 0 Å². The first-order valence-corrected chi connectivity index (χ1v) is 7.24. The average Bonchev–Trinajstić information content (AvgIpc) is 2.55. The molecule has 0 aliphatic carbocycles. The zero-order chi connectivity index (χ0) is 16.7. The summed E-state index contributed by atoms with van der Waals surface area (Å²) in [5.41, 5.74) is 0.999. The lowest BCUT2D eigenvalue weighted by Gasteiger charge is -2.09. The summed E-state index contributed by atoms with van der Waals surface area (Å²) in [7, 11) is 3.11. The lowest BCUT2D eigenvalue weighted by molar-refractivity contribution is 0.102. The minimum atomic E-state index is -0.287. The molecule has 7 heteroatoms. The number of amides is 1. The maximum absolute atomic E-state index is 12.3. The molecule has 1 N–H and O–H groups in total. The number of hydrogen-bond donors (Lipinski definition) is 1. The highest BCUT2D eigenvalue weighted by molar-refractivity contribution is 6.32. The van der Waals surface area contributed by atoms with Crippen molar-refractivity contribution in [2.75, 3.05) is 32.8 Å². The fourth-order valence-corrected chi connectivity index (χ4v) is 2.06. The molecular weight excluding hydrogens is 320 g/mol. The number of anilines is 1. The van der Waals surface area contributed by atoms with Gasteiger partial charge >= 0.3 is 0 Å². The molecule has 1 aromatic carbocycles. The highest BCUT2D eigenvalue weighted by Crippen LogP contribution is 2.27. The van der Waals surface area contributed by atoms with Crippen LogP contribution in [0.4, 0.5) is 5.69 Å². The Hall–Kier alpha value is -2.31. The second-order valence-corrected chi connectivity index (χ2v) is 4.93. The van der Waals surface area contributed by atoms with Gasteiger partial charge in [0.2, 0.25) is 5.88 Å². The van der Waals surface area contributed by atoms with Crippen molar-refractivity contribution in [2.24, 2.45) is 0 Å². The van der Waals surface area contributed by atoms with Crippen molar-refractivity contribution >= 4 is 23.2 Å². The summed E-state index contributed by atoms with van der Waals surface area (Å²) < 4.78 is 15.4. The van der Waals surface area contributed by atoms with E-state index in [1.54, 1.807) is 37.4 Å². The van der Waals surface area contributed by atoms with Crippen LogP contribution in [-0.4, -0.2) is 38.3 Å². The number of carbonyl (C=O) groups excluding carboxylic acids is 1. The van der Waals surface area contributed by atoms with E-state index < -0.39 is 0 Å². The number of nitrogens with one attached hydrogen (secondary N) is 1. The van der Waals surface area contributed by atoms with E-state index in [2.05, 4.69) is 10.3 Å². The standard InChI is InChI=1S/C16H17ClN2O4/c1-21-7-8-23-15-9-11(5-6-18-15)16(20)19-12-3-4-14(22-2)13(17)10-12/h3-6,9-10H,7-8H2,1-2H3,(H,19,20). The van der Waals surface area contributed by atoms with Gasteiger partial charge in [-0.25, -0.2) is 4.98 Å². The third kappa shape index (κ3) is 4.84. The number of rotatable bonds is 7. The fraction of sp³-hybridized carbons (Fsp3) is 0.250. The van der Waals surface area contributed by atoms with Crippen LogP contribution in [0.1, 0.15) is 10.4 Å². The van der Waals surface area contributed by atoms with Crippen LogP contribution < -0.4 is 14.8 Å². The maximum atomic E-state index is 12.3. The molecule has 0 atom stereocenters. The highest BCUT2D eigenvalue weighted by Gasteiger charge is 2.09. The number of carbonyl (C=O) groups is 1. The first kappa shape index (κ1) is 17.1. The van der Waals surface area contributed by atoms with Crippen molar-refractivity contribution in [3.05, 3.63) is 47.1 Å². The lowest BCUT2D eigenvalue weighted by atomic mass is 10.2. The molecule has 6 nitrogen and oxygen atoms in total. The van der Waals surface area contributed by atoms with Gasteiger partial charge in [0.05, 0.1) is 18.7 Å². The van der Waals surface area contributed by atoms with Gasteiger partial charge in [0, 0.05) is 30.6 Å². The lowest BCUT2D eigenvalue weighted by Crippen LogP contribution is -2.13. The van der Waals surface area contributed by atoms with E-state index in [1.807, 2.05) is 0 Å². The monoisotopic (exact) mass is 336 g/mol. The summed E-state index contributed by atoms with van der Waals surface area (Å²) in [6.07, 6.45) is 1.51. The van der Waals surface area contributed by atoms with Crippen molar-refractivity contribution in [3.63, 3.8) is 0 Å². The normalized spacial score (nSPS) is 10.2. The van der Waals surface area contributed by atoms with E-state index in [9.17, 15) is 4.79 Å². The Morgan fingerprint density at radius 2 is 2.04 bits per heavy atom. The van der Waals surface area contributed by atoms with Crippen molar-refractivity contribution in [2.45, 2.75) is 0 Å². The third-order valence-electron chi connectivity index (χ3n) is 2.94. The minimum absolute atomic E-state index is 0.287. The first-order valence-electron chi connectivity index (χ1n) is 6.86. The van der Waals surface area contributed by atoms with Crippen LogP contribution in [0.2, 0.25) is 5.02 Å². The molecule has 0 bridgehead atoms. The summed E-state index contributed by atoms with van der Waals surface area (Å²) in [6, 6.07) is 8.18. The molecule has 0 spiro atoms. The first-order chi connectivity index (χ1) is 11.1. The van der Waals surface area contributed by atoms with Crippen LogP contribution in [-0.2, 0) is 4.74 Å². The van der Waals surface area contributed by atoms with E-state index in [4.69, 9.17) is 25.8 Å². The molecular formula is C16H17ClN2O4. The summed E-state index contributed by atoms with van der Waals surface area (Å²) in [4.78, 5) is 16.3. The molecule has 0 aliphatic rings. The minimum Gasteiger partial charge on any atom is -0.495 e. The van der Waals surface area contributed by atoms with Gasteiger partial charge < -0.3 is 19.5 Å². The molecule has 1 aromatic heterocycles. The van der Waals surface area contributed by atoms with E-state index in [-0.39, 0.29) is 5.91 Å². The van der Waals surface area contributed by atoms with Gasteiger partial charge in [-0.15, -0.1) is 0 Å².